The van der Waals surface area contributed by atoms with Gasteiger partial charge in [-0.25, -0.2) is 4.79 Å². The van der Waals surface area contributed by atoms with Crippen LogP contribution in [0.2, 0.25) is 0 Å². The van der Waals surface area contributed by atoms with Gasteiger partial charge in [0.2, 0.25) is 0 Å². The Morgan fingerprint density at radius 1 is 1.53 bits per heavy atom. The normalized spacial score (nSPS) is 40.0. The van der Waals surface area contributed by atoms with E-state index in [-0.39, 0.29) is 41.9 Å². The summed E-state index contributed by atoms with van der Waals surface area (Å²) in [6, 6.07) is 0. The Bertz CT molecular complexity index is 441. The maximum absolute atomic E-state index is 12.0. The largest absolute Gasteiger partial charge is 0.466 e. The third kappa shape index (κ3) is 1.92. The van der Waals surface area contributed by atoms with E-state index in [0.717, 1.165) is 6.42 Å². The summed E-state index contributed by atoms with van der Waals surface area (Å²) in [4.78, 5) is 23.8. The van der Waals surface area contributed by atoms with Crippen LogP contribution in [0.15, 0.2) is 11.6 Å². The maximum atomic E-state index is 12.0. The molecule has 1 heterocycles. The summed E-state index contributed by atoms with van der Waals surface area (Å²) in [7, 11) is 1.36. The molecule has 0 aromatic carbocycles. The Morgan fingerprint density at radius 2 is 2.32 bits per heavy atom. The number of carbonyl (C=O) groups excluding carboxylic acids is 2. The first kappa shape index (κ1) is 12.8. The highest BCUT2D eigenvalue weighted by Gasteiger charge is 2.55. The van der Waals surface area contributed by atoms with Crippen molar-refractivity contribution in [3.63, 3.8) is 0 Å². The van der Waals surface area contributed by atoms with Crippen molar-refractivity contribution in [1.82, 2.24) is 0 Å². The molecule has 2 bridgehead atoms. The molecule has 3 aliphatic carbocycles. The van der Waals surface area contributed by atoms with Crippen LogP contribution in [0.4, 0.5) is 0 Å². The molecule has 104 valence electrons. The molecular formula is C14H18O5. The summed E-state index contributed by atoms with van der Waals surface area (Å²) in [5.74, 6) is -0.366. The zero-order valence-corrected chi connectivity index (χ0v) is 11.1. The molecule has 2 fully saturated rings. The van der Waals surface area contributed by atoms with Gasteiger partial charge in [-0.05, 0) is 6.92 Å². The smallest absolute Gasteiger partial charge is 0.333 e. The molecule has 0 N–H and O–H groups in total. The Kier molecular flexibility index (Phi) is 3.19. The fourth-order valence-corrected chi connectivity index (χ4v) is 3.59. The van der Waals surface area contributed by atoms with Crippen molar-refractivity contribution < 1.29 is 23.8 Å². The van der Waals surface area contributed by atoms with Gasteiger partial charge in [-0.3, -0.25) is 4.79 Å². The van der Waals surface area contributed by atoms with Gasteiger partial charge < -0.3 is 14.2 Å². The lowest BCUT2D eigenvalue weighted by Gasteiger charge is -2.41. The van der Waals surface area contributed by atoms with E-state index in [9.17, 15) is 9.59 Å². The van der Waals surface area contributed by atoms with Gasteiger partial charge >= 0.3 is 5.97 Å². The third-order valence-corrected chi connectivity index (χ3v) is 4.38. The average Bonchev–Trinajstić information content (AvgIpc) is 2.83. The molecule has 1 aliphatic heterocycles. The Balaban J connectivity index is 1.87. The Morgan fingerprint density at radius 3 is 3.00 bits per heavy atom. The van der Waals surface area contributed by atoms with Crippen LogP contribution in [0.25, 0.3) is 0 Å². The minimum Gasteiger partial charge on any atom is -0.466 e. The Labute approximate surface area is 111 Å². The van der Waals surface area contributed by atoms with E-state index in [1.165, 1.54) is 7.11 Å². The molecule has 0 radical (unpaired) electrons. The number of ether oxygens (including phenoxy) is 3. The molecule has 1 saturated heterocycles. The molecule has 1 saturated carbocycles. The first-order valence-corrected chi connectivity index (χ1v) is 6.75. The van der Waals surface area contributed by atoms with Crippen molar-refractivity contribution in [2.24, 2.45) is 17.8 Å². The number of hydrogen-bond donors (Lipinski definition) is 0. The number of fused-ring (bicyclic) bond motifs is 1. The molecule has 0 spiro atoms. The number of Topliss-reactive ketones (excluding diaryl/α,β-unsaturated/α-hetero) is 1. The molecule has 0 unspecified atom stereocenters. The van der Waals surface area contributed by atoms with Gasteiger partial charge in [0.15, 0.2) is 6.29 Å². The quantitative estimate of drug-likeness (QED) is 0.715. The van der Waals surface area contributed by atoms with Gasteiger partial charge in [-0.2, -0.15) is 0 Å². The van der Waals surface area contributed by atoms with Crippen LogP contribution in [0.5, 0.6) is 0 Å². The number of carbonyl (C=O) groups is 2. The minimum absolute atomic E-state index is 0.0849. The van der Waals surface area contributed by atoms with E-state index >= 15 is 0 Å². The standard InChI is InChI=1S/C14H18O5/c1-3-18-12-6-9-7-4-10(14(16)17-2)8(5-11(7)15)13(9)19-12/h4,7-9,12-13H,3,5-6H2,1-2H3/t7-,8+,9-,12-,13+/m0/s1. The Hall–Kier alpha value is -1.20. The monoisotopic (exact) mass is 266 g/mol. The van der Waals surface area contributed by atoms with E-state index in [1.807, 2.05) is 6.92 Å². The van der Waals surface area contributed by atoms with Gasteiger partial charge in [0, 0.05) is 42.8 Å². The predicted molar refractivity (Wildman–Crippen MR) is 65.1 cm³/mol. The number of hydrogen-bond acceptors (Lipinski definition) is 5. The lowest BCUT2D eigenvalue weighted by molar-refractivity contribution is -0.155. The number of methoxy groups -OCH3 is 1. The lowest BCUT2D eigenvalue weighted by Crippen LogP contribution is -2.47. The van der Waals surface area contributed by atoms with E-state index in [2.05, 4.69) is 0 Å². The molecular weight excluding hydrogens is 248 g/mol. The van der Waals surface area contributed by atoms with Crippen molar-refractivity contribution in [1.29, 1.82) is 0 Å². The maximum Gasteiger partial charge on any atom is 0.333 e. The van der Waals surface area contributed by atoms with Crippen LogP contribution in [0, 0.1) is 17.8 Å². The van der Waals surface area contributed by atoms with E-state index in [0.29, 0.717) is 18.6 Å². The molecule has 0 aromatic rings. The number of esters is 1. The molecule has 5 nitrogen and oxygen atoms in total. The lowest BCUT2D eigenvalue weighted by atomic mass is 9.63. The zero-order valence-electron chi connectivity index (χ0n) is 11.1. The topological polar surface area (TPSA) is 61.8 Å². The molecule has 0 amide bonds. The van der Waals surface area contributed by atoms with E-state index in [1.54, 1.807) is 6.08 Å². The summed E-state index contributed by atoms with van der Waals surface area (Å²) >= 11 is 0. The molecule has 5 atom stereocenters. The zero-order chi connectivity index (χ0) is 13.6. The fourth-order valence-electron chi connectivity index (χ4n) is 3.59. The molecule has 4 aliphatic rings. The second kappa shape index (κ2) is 4.72. The highest BCUT2D eigenvalue weighted by molar-refractivity contribution is 5.96. The van der Waals surface area contributed by atoms with E-state index in [4.69, 9.17) is 14.2 Å². The highest BCUT2D eigenvalue weighted by atomic mass is 16.7. The van der Waals surface area contributed by atoms with Crippen LogP contribution in [0.3, 0.4) is 0 Å². The minimum atomic E-state index is -0.343. The summed E-state index contributed by atoms with van der Waals surface area (Å²) in [6.45, 7) is 2.51. The van der Waals surface area contributed by atoms with Crippen molar-refractivity contribution in [2.45, 2.75) is 32.2 Å². The van der Waals surface area contributed by atoms with Gasteiger partial charge in [0.05, 0.1) is 13.2 Å². The third-order valence-electron chi connectivity index (χ3n) is 4.38. The van der Waals surface area contributed by atoms with Crippen LogP contribution in [-0.4, -0.2) is 37.9 Å². The number of allylic oxidation sites excluding steroid dienone is 1. The number of ketones is 1. The molecule has 4 rings (SSSR count). The molecule has 19 heavy (non-hydrogen) atoms. The van der Waals surface area contributed by atoms with Crippen molar-refractivity contribution in [2.75, 3.05) is 13.7 Å². The molecule has 0 aromatic heterocycles. The molecule has 5 heteroatoms. The average molecular weight is 266 g/mol. The van der Waals surface area contributed by atoms with Crippen LogP contribution >= 0.6 is 0 Å². The predicted octanol–water partition coefficient (Wildman–Crippen LogP) is 1.07. The van der Waals surface area contributed by atoms with Gasteiger partial charge in [-0.15, -0.1) is 0 Å². The highest BCUT2D eigenvalue weighted by Crippen LogP contribution is 2.50. The van der Waals surface area contributed by atoms with Crippen LogP contribution < -0.4 is 0 Å². The summed E-state index contributed by atoms with van der Waals surface area (Å²) in [5.41, 5.74) is 0.602. The summed E-state index contributed by atoms with van der Waals surface area (Å²) < 4.78 is 16.2. The second-order valence-corrected chi connectivity index (χ2v) is 5.30. The first-order valence-electron chi connectivity index (χ1n) is 6.75. The van der Waals surface area contributed by atoms with Crippen molar-refractivity contribution >= 4 is 11.8 Å². The summed E-state index contributed by atoms with van der Waals surface area (Å²) in [5, 5.41) is 0. The van der Waals surface area contributed by atoms with Crippen molar-refractivity contribution in [3.05, 3.63) is 11.6 Å². The SMILES string of the molecule is CCO[C@@H]1C[C@@H]2[C@H](O1)[C@@H]1CC(=O)[C@H]2C=C1C(=O)OC. The first-order chi connectivity index (χ1) is 9.15. The van der Waals surface area contributed by atoms with Crippen LogP contribution in [0.1, 0.15) is 19.8 Å². The van der Waals surface area contributed by atoms with Crippen LogP contribution in [-0.2, 0) is 23.8 Å². The van der Waals surface area contributed by atoms with E-state index < -0.39 is 0 Å². The van der Waals surface area contributed by atoms with Gasteiger partial charge in [0.25, 0.3) is 0 Å². The second-order valence-electron chi connectivity index (χ2n) is 5.30. The van der Waals surface area contributed by atoms with Crippen molar-refractivity contribution in [3.8, 4) is 0 Å². The summed E-state index contributed by atoms with van der Waals surface area (Å²) in [6.07, 6.45) is 2.57. The number of rotatable bonds is 3. The fraction of sp³-hybridized carbons (Fsp3) is 0.714. The van der Waals surface area contributed by atoms with Gasteiger partial charge in [0.1, 0.15) is 5.78 Å². The van der Waals surface area contributed by atoms with Gasteiger partial charge in [-0.1, -0.05) is 6.08 Å².